The highest BCUT2D eigenvalue weighted by Crippen LogP contribution is 2.22. The van der Waals surface area contributed by atoms with Gasteiger partial charge in [0.2, 0.25) is 5.91 Å². The molecule has 2 aromatic rings. The Bertz CT molecular complexity index is 715. The average Bonchev–Trinajstić information content (AvgIpc) is 3.11. The van der Waals surface area contributed by atoms with Crippen LogP contribution >= 0.6 is 0 Å². The Kier molecular flexibility index (Phi) is 6.55. The van der Waals surface area contributed by atoms with Gasteiger partial charge in [0.05, 0.1) is 6.33 Å². The molecule has 2 amide bonds. The van der Waals surface area contributed by atoms with Crippen LogP contribution < -0.4 is 10.6 Å². The molecule has 6 heteroatoms. The SMILES string of the molecule is CC(NC(=O)c1ccc(C(C)(C)C)cc1)C(=O)NCCCn1ccnc1. The third kappa shape index (κ3) is 5.72. The molecule has 1 heterocycles. The van der Waals surface area contributed by atoms with Crippen LogP contribution in [0.15, 0.2) is 43.0 Å². The van der Waals surface area contributed by atoms with Crippen LogP contribution in [0.4, 0.5) is 0 Å². The van der Waals surface area contributed by atoms with E-state index >= 15 is 0 Å². The Morgan fingerprint density at radius 3 is 2.46 bits per heavy atom. The largest absolute Gasteiger partial charge is 0.354 e. The smallest absolute Gasteiger partial charge is 0.251 e. The van der Waals surface area contributed by atoms with E-state index in [1.165, 1.54) is 0 Å². The van der Waals surface area contributed by atoms with E-state index in [1.807, 2.05) is 22.9 Å². The van der Waals surface area contributed by atoms with Gasteiger partial charge >= 0.3 is 0 Å². The molecule has 0 aliphatic rings. The number of hydrogen-bond donors (Lipinski definition) is 2. The van der Waals surface area contributed by atoms with Gasteiger partial charge in [-0.15, -0.1) is 0 Å². The first kappa shape index (κ1) is 19.7. The van der Waals surface area contributed by atoms with Gasteiger partial charge in [0.15, 0.2) is 0 Å². The number of nitrogens with one attached hydrogen (secondary N) is 2. The van der Waals surface area contributed by atoms with Crippen LogP contribution in [0.5, 0.6) is 0 Å². The van der Waals surface area contributed by atoms with Crippen molar-refractivity contribution in [3.8, 4) is 0 Å². The minimum Gasteiger partial charge on any atom is -0.354 e. The molecule has 0 saturated carbocycles. The molecule has 0 saturated heterocycles. The first-order chi connectivity index (χ1) is 12.3. The number of aromatic nitrogens is 2. The van der Waals surface area contributed by atoms with E-state index in [4.69, 9.17) is 0 Å². The number of benzene rings is 1. The van der Waals surface area contributed by atoms with Gasteiger partial charge in [0.1, 0.15) is 6.04 Å². The lowest BCUT2D eigenvalue weighted by Gasteiger charge is -2.19. The number of imidazole rings is 1. The molecule has 26 heavy (non-hydrogen) atoms. The molecule has 1 unspecified atom stereocenters. The van der Waals surface area contributed by atoms with Crippen LogP contribution in [-0.2, 0) is 16.8 Å². The molecule has 0 spiro atoms. The van der Waals surface area contributed by atoms with Crippen molar-refractivity contribution in [2.45, 2.75) is 52.1 Å². The number of amides is 2. The molecule has 2 N–H and O–H groups in total. The van der Waals surface area contributed by atoms with Crippen LogP contribution in [0.3, 0.4) is 0 Å². The summed E-state index contributed by atoms with van der Waals surface area (Å²) >= 11 is 0. The predicted octanol–water partition coefficient (Wildman–Crippen LogP) is 2.51. The van der Waals surface area contributed by atoms with Gasteiger partial charge in [-0.05, 0) is 36.5 Å². The summed E-state index contributed by atoms with van der Waals surface area (Å²) in [6.45, 7) is 9.41. The average molecular weight is 356 g/mol. The van der Waals surface area contributed by atoms with Crippen LogP contribution in [-0.4, -0.2) is 34.0 Å². The van der Waals surface area contributed by atoms with E-state index < -0.39 is 6.04 Å². The second-order valence-electron chi connectivity index (χ2n) is 7.47. The van der Waals surface area contributed by atoms with Gasteiger partial charge in [-0.1, -0.05) is 32.9 Å². The fourth-order valence-corrected chi connectivity index (χ4v) is 2.51. The van der Waals surface area contributed by atoms with E-state index in [1.54, 1.807) is 31.6 Å². The summed E-state index contributed by atoms with van der Waals surface area (Å²) in [4.78, 5) is 28.4. The maximum absolute atomic E-state index is 12.3. The number of hydrogen-bond acceptors (Lipinski definition) is 3. The van der Waals surface area contributed by atoms with Gasteiger partial charge in [0, 0.05) is 31.0 Å². The fourth-order valence-electron chi connectivity index (χ4n) is 2.51. The van der Waals surface area contributed by atoms with E-state index in [9.17, 15) is 9.59 Å². The van der Waals surface area contributed by atoms with E-state index in [0.29, 0.717) is 12.1 Å². The van der Waals surface area contributed by atoms with Crippen LogP contribution in [0.25, 0.3) is 0 Å². The normalized spacial score (nSPS) is 12.5. The Labute approximate surface area is 155 Å². The van der Waals surface area contributed by atoms with Crippen molar-refractivity contribution in [2.75, 3.05) is 6.54 Å². The van der Waals surface area contributed by atoms with Crippen LogP contribution in [0, 0.1) is 0 Å². The Morgan fingerprint density at radius 1 is 1.19 bits per heavy atom. The Balaban J connectivity index is 1.77. The third-order valence-electron chi connectivity index (χ3n) is 4.21. The zero-order valence-electron chi connectivity index (χ0n) is 16.0. The number of carbonyl (C=O) groups is 2. The molecule has 6 nitrogen and oxygen atoms in total. The number of carbonyl (C=O) groups excluding carboxylic acids is 2. The van der Waals surface area contributed by atoms with Gasteiger partial charge in [-0.25, -0.2) is 4.98 Å². The van der Waals surface area contributed by atoms with Crippen molar-refractivity contribution in [2.24, 2.45) is 0 Å². The molecule has 2 rings (SSSR count). The maximum atomic E-state index is 12.3. The lowest BCUT2D eigenvalue weighted by molar-refractivity contribution is -0.122. The second-order valence-corrected chi connectivity index (χ2v) is 7.47. The summed E-state index contributed by atoms with van der Waals surface area (Å²) in [7, 11) is 0. The molecular formula is C20H28N4O2. The van der Waals surface area contributed by atoms with Crippen molar-refractivity contribution < 1.29 is 9.59 Å². The van der Waals surface area contributed by atoms with Gasteiger partial charge in [-0.3, -0.25) is 9.59 Å². The lowest BCUT2D eigenvalue weighted by Crippen LogP contribution is -2.45. The van der Waals surface area contributed by atoms with Crippen molar-refractivity contribution in [3.63, 3.8) is 0 Å². The van der Waals surface area contributed by atoms with Crippen LogP contribution in [0.1, 0.15) is 50.0 Å². The molecular weight excluding hydrogens is 328 g/mol. The van der Waals surface area contributed by atoms with E-state index in [2.05, 4.69) is 36.4 Å². The van der Waals surface area contributed by atoms with Crippen molar-refractivity contribution in [1.82, 2.24) is 20.2 Å². The zero-order chi connectivity index (χ0) is 19.2. The van der Waals surface area contributed by atoms with Crippen molar-refractivity contribution >= 4 is 11.8 Å². The zero-order valence-corrected chi connectivity index (χ0v) is 16.0. The molecule has 0 radical (unpaired) electrons. The topological polar surface area (TPSA) is 76.0 Å². The Hall–Kier alpha value is -2.63. The highest BCUT2D eigenvalue weighted by molar-refractivity contribution is 5.97. The molecule has 140 valence electrons. The van der Waals surface area contributed by atoms with Crippen molar-refractivity contribution in [1.29, 1.82) is 0 Å². The van der Waals surface area contributed by atoms with Gasteiger partial charge in [-0.2, -0.15) is 0 Å². The highest BCUT2D eigenvalue weighted by Gasteiger charge is 2.17. The summed E-state index contributed by atoms with van der Waals surface area (Å²) < 4.78 is 1.96. The molecule has 0 fully saturated rings. The molecule has 0 aliphatic heterocycles. The summed E-state index contributed by atoms with van der Waals surface area (Å²) in [5.74, 6) is -0.429. The lowest BCUT2D eigenvalue weighted by atomic mass is 9.86. The van der Waals surface area contributed by atoms with Crippen LogP contribution in [0.2, 0.25) is 0 Å². The second kappa shape index (κ2) is 8.65. The molecule has 0 aliphatic carbocycles. The number of nitrogens with zero attached hydrogens (tertiary/aromatic N) is 2. The van der Waals surface area contributed by atoms with Gasteiger partial charge < -0.3 is 15.2 Å². The van der Waals surface area contributed by atoms with Gasteiger partial charge in [0.25, 0.3) is 5.91 Å². The first-order valence-electron chi connectivity index (χ1n) is 8.92. The molecule has 1 aromatic carbocycles. The van der Waals surface area contributed by atoms with E-state index in [0.717, 1.165) is 18.5 Å². The summed E-state index contributed by atoms with van der Waals surface area (Å²) in [6, 6.07) is 6.92. The molecule has 1 atom stereocenters. The van der Waals surface area contributed by atoms with Crippen molar-refractivity contribution in [3.05, 3.63) is 54.1 Å². The minimum atomic E-state index is -0.585. The number of aryl methyl sites for hydroxylation is 1. The Morgan fingerprint density at radius 2 is 1.88 bits per heavy atom. The highest BCUT2D eigenvalue weighted by atomic mass is 16.2. The minimum absolute atomic E-state index is 0.0406. The molecule has 0 bridgehead atoms. The molecule has 1 aromatic heterocycles. The monoisotopic (exact) mass is 356 g/mol. The maximum Gasteiger partial charge on any atom is 0.251 e. The summed E-state index contributed by atoms with van der Waals surface area (Å²) in [6.07, 6.45) is 6.16. The number of rotatable bonds is 7. The standard InChI is InChI=1S/C20H28N4O2/c1-15(18(25)22-10-5-12-24-13-11-21-14-24)23-19(26)16-6-8-17(9-7-16)20(2,3)4/h6-9,11,13-15H,5,10,12H2,1-4H3,(H,22,25)(H,23,26). The summed E-state index contributed by atoms with van der Waals surface area (Å²) in [5, 5.41) is 5.59. The first-order valence-corrected chi connectivity index (χ1v) is 8.92. The van der Waals surface area contributed by atoms with E-state index in [-0.39, 0.29) is 17.2 Å². The predicted molar refractivity (Wildman–Crippen MR) is 102 cm³/mol. The summed E-state index contributed by atoms with van der Waals surface area (Å²) in [5.41, 5.74) is 1.76. The third-order valence-corrected chi connectivity index (χ3v) is 4.21. The quantitative estimate of drug-likeness (QED) is 0.749. The fraction of sp³-hybridized carbons (Fsp3) is 0.450.